The monoisotopic (exact) mass is 266 g/mol. The third-order valence-electron chi connectivity index (χ3n) is 2.58. The van der Waals surface area contributed by atoms with Crippen molar-refractivity contribution in [1.82, 2.24) is 15.3 Å². The summed E-state index contributed by atoms with van der Waals surface area (Å²) in [6, 6.07) is 0. The summed E-state index contributed by atoms with van der Waals surface area (Å²) in [5.41, 5.74) is -0.484. The van der Waals surface area contributed by atoms with Gasteiger partial charge in [-0.25, -0.2) is 9.78 Å². The summed E-state index contributed by atoms with van der Waals surface area (Å²) in [6.07, 6.45) is 2.80. The fourth-order valence-electron chi connectivity index (χ4n) is 1.38. The zero-order valence-electron chi connectivity index (χ0n) is 11.5. The van der Waals surface area contributed by atoms with Crippen LogP contribution in [-0.4, -0.2) is 42.5 Å². The Hall–Kier alpha value is -2.18. The molecule has 19 heavy (non-hydrogen) atoms. The van der Waals surface area contributed by atoms with E-state index >= 15 is 0 Å². The minimum Gasteiger partial charge on any atom is -0.464 e. The van der Waals surface area contributed by atoms with Crippen molar-refractivity contribution in [1.29, 1.82) is 0 Å². The molecule has 2 N–H and O–H groups in total. The van der Waals surface area contributed by atoms with Gasteiger partial charge in [-0.1, -0.05) is 0 Å². The highest BCUT2D eigenvalue weighted by atomic mass is 16.5. The number of hydrogen-bond donors (Lipinski definition) is 2. The predicted molar refractivity (Wildman–Crippen MR) is 69.7 cm³/mol. The molecule has 0 fully saturated rings. The van der Waals surface area contributed by atoms with Crippen LogP contribution in [0.15, 0.2) is 12.4 Å². The highest BCUT2D eigenvalue weighted by Gasteiger charge is 2.26. The molecule has 0 aliphatic carbocycles. The second-order valence-electron chi connectivity index (χ2n) is 4.60. The van der Waals surface area contributed by atoms with E-state index in [2.05, 4.69) is 25.3 Å². The summed E-state index contributed by atoms with van der Waals surface area (Å²) in [5, 5.41) is 5.57. The number of aromatic nitrogens is 2. The van der Waals surface area contributed by atoms with E-state index in [1.54, 1.807) is 20.9 Å². The molecule has 0 aliphatic heterocycles. The van der Waals surface area contributed by atoms with Crippen LogP contribution in [-0.2, 0) is 9.53 Å². The lowest BCUT2D eigenvalue weighted by atomic mass is 9.92. The highest BCUT2D eigenvalue weighted by molar-refractivity contribution is 5.87. The minimum absolute atomic E-state index is 0.0860. The smallest absolute Gasteiger partial charge is 0.358 e. The fraction of sp³-hybridized carbons (Fsp3) is 0.500. The maximum absolute atomic E-state index is 11.6. The predicted octanol–water partition coefficient (Wildman–Crippen LogP) is 0.447. The third-order valence-corrected chi connectivity index (χ3v) is 2.58. The minimum atomic E-state index is -0.600. The molecule has 1 aromatic heterocycles. The van der Waals surface area contributed by atoms with Gasteiger partial charge in [0.2, 0.25) is 5.91 Å². The van der Waals surface area contributed by atoms with Crippen molar-refractivity contribution >= 4 is 17.7 Å². The van der Waals surface area contributed by atoms with E-state index in [-0.39, 0.29) is 11.6 Å². The number of hydrogen-bond acceptors (Lipinski definition) is 6. The fourth-order valence-corrected chi connectivity index (χ4v) is 1.38. The van der Waals surface area contributed by atoms with Crippen LogP contribution in [0.25, 0.3) is 0 Å². The number of nitrogens with one attached hydrogen (secondary N) is 2. The van der Waals surface area contributed by atoms with Crippen molar-refractivity contribution in [3.05, 3.63) is 18.1 Å². The van der Waals surface area contributed by atoms with Crippen LogP contribution >= 0.6 is 0 Å². The molecule has 1 amide bonds. The van der Waals surface area contributed by atoms with Gasteiger partial charge in [0.05, 0.1) is 24.9 Å². The normalized spacial score (nSPS) is 10.7. The second-order valence-corrected chi connectivity index (χ2v) is 4.60. The van der Waals surface area contributed by atoms with Crippen LogP contribution in [0.1, 0.15) is 24.3 Å². The lowest BCUT2D eigenvalue weighted by Crippen LogP contribution is -2.39. The second kappa shape index (κ2) is 6.12. The van der Waals surface area contributed by atoms with Crippen molar-refractivity contribution in [3.63, 3.8) is 0 Å². The molecule has 0 saturated heterocycles. The largest absolute Gasteiger partial charge is 0.464 e. The SMILES string of the molecule is CNC(=O)C(C)(C)CNc1cncc(C(=O)OC)n1. The number of carbonyl (C=O) groups is 2. The molecule has 1 heterocycles. The van der Waals surface area contributed by atoms with Crippen LogP contribution < -0.4 is 10.6 Å². The molecule has 1 rings (SSSR count). The van der Waals surface area contributed by atoms with Crippen molar-refractivity contribution in [3.8, 4) is 0 Å². The van der Waals surface area contributed by atoms with Gasteiger partial charge in [0.15, 0.2) is 5.69 Å². The zero-order chi connectivity index (χ0) is 14.5. The van der Waals surface area contributed by atoms with E-state index in [4.69, 9.17) is 0 Å². The zero-order valence-corrected chi connectivity index (χ0v) is 11.5. The number of carbonyl (C=O) groups excluding carboxylic acids is 2. The van der Waals surface area contributed by atoms with Gasteiger partial charge in [0, 0.05) is 13.6 Å². The Morgan fingerprint density at radius 3 is 2.63 bits per heavy atom. The topological polar surface area (TPSA) is 93.2 Å². The molecule has 0 spiro atoms. The van der Waals surface area contributed by atoms with Crippen LogP contribution in [0.3, 0.4) is 0 Å². The van der Waals surface area contributed by atoms with E-state index < -0.39 is 11.4 Å². The number of nitrogens with zero attached hydrogens (tertiary/aromatic N) is 2. The molecule has 0 atom stereocenters. The van der Waals surface area contributed by atoms with Gasteiger partial charge >= 0.3 is 5.97 Å². The number of amides is 1. The summed E-state index contributed by atoms with van der Waals surface area (Å²) >= 11 is 0. The van der Waals surface area contributed by atoms with Crippen LogP contribution in [0.2, 0.25) is 0 Å². The van der Waals surface area contributed by atoms with Crippen molar-refractivity contribution in [2.24, 2.45) is 5.41 Å². The molecule has 7 nitrogen and oxygen atoms in total. The molecule has 0 unspecified atom stereocenters. The molecule has 104 valence electrons. The Bertz CT molecular complexity index is 474. The third kappa shape index (κ3) is 3.90. The maximum Gasteiger partial charge on any atom is 0.358 e. The van der Waals surface area contributed by atoms with E-state index in [1.165, 1.54) is 19.5 Å². The highest BCUT2D eigenvalue weighted by Crippen LogP contribution is 2.16. The van der Waals surface area contributed by atoms with Crippen molar-refractivity contribution in [2.75, 3.05) is 26.0 Å². The van der Waals surface area contributed by atoms with E-state index in [9.17, 15) is 9.59 Å². The Labute approximate surface area is 111 Å². The van der Waals surface area contributed by atoms with Gasteiger partial charge in [0.25, 0.3) is 0 Å². The lowest BCUT2D eigenvalue weighted by molar-refractivity contribution is -0.128. The summed E-state index contributed by atoms with van der Waals surface area (Å²) in [6.45, 7) is 3.97. The van der Waals surface area contributed by atoms with E-state index in [0.29, 0.717) is 12.4 Å². The Morgan fingerprint density at radius 1 is 1.37 bits per heavy atom. The van der Waals surface area contributed by atoms with Gasteiger partial charge in [-0.05, 0) is 13.8 Å². The molecule has 0 bridgehead atoms. The summed E-state index contributed by atoms with van der Waals surface area (Å²) < 4.78 is 4.56. The van der Waals surface area contributed by atoms with Crippen molar-refractivity contribution < 1.29 is 14.3 Å². The molecule has 1 aromatic rings. The van der Waals surface area contributed by atoms with E-state index in [0.717, 1.165) is 0 Å². The number of esters is 1. The lowest BCUT2D eigenvalue weighted by Gasteiger charge is -2.23. The summed E-state index contributed by atoms with van der Waals surface area (Å²) in [5.74, 6) is -0.223. The first-order valence-electron chi connectivity index (χ1n) is 5.77. The van der Waals surface area contributed by atoms with Gasteiger partial charge in [-0.3, -0.25) is 9.78 Å². The Balaban J connectivity index is 2.73. The van der Waals surface area contributed by atoms with Gasteiger partial charge < -0.3 is 15.4 Å². The Morgan fingerprint density at radius 2 is 2.05 bits per heavy atom. The van der Waals surface area contributed by atoms with E-state index in [1.807, 2.05) is 0 Å². The first-order valence-corrected chi connectivity index (χ1v) is 5.77. The molecule has 0 aromatic carbocycles. The number of anilines is 1. The van der Waals surface area contributed by atoms with Gasteiger partial charge in [0.1, 0.15) is 5.82 Å². The number of ether oxygens (including phenoxy) is 1. The average molecular weight is 266 g/mol. The molecular weight excluding hydrogens is 248 g/mol. The quantitative estimate of drug-likeness (QED) is 0.751. The number of rotatable bonds is 5. The molecule has 7 heteroatoms. The van der Waals surface area contributed by atoms with Crippen LogP contribution in [0.4, 0.5) is 5.82 Å². The van der Waals surface area contributed by atoms with Crippen LogP contribution in [0, 0.1) is 5.41 Å². The van der Waals surface area contributed by atoms with Crippen LogP contribution in [0.5, 0.6) is 0 Å². The molecule has 0 radical (unpaired) electrons. The standard InChI is InChI=1S/C12H18N4O3/c1-12(2,11(18)13-3)7-15-9-6-14-5-8(16-9)10(17)19-4/h5-6H,7H2,1-4H3,(H,13,18)(H,15,16). The average Bonchev–Trinajstić information content (AvgIpc) is 2.43. The summed E-state index contributed by atoms with van der Waals surface area (Å²) in [4.78, 5) is 30.9. The van der Waals surface area contributed by atoms with Gasteiger partial charge in [-0.2, -0.15) is 0 Å². The first kappa shape index (κ1) is 14.9. The van der Waals surface area contributed by atoms with Gasteiger partial charge in [-0.15, -0.1) is 0 Å². The summed E-state index contributed by atoms with van der Waals surface area (Å²) in [7, 11) is 2.86. The first-order chi connectivity index (χ1) is 8.90. The molecular formula is C12H18N4O3. The van der Waals surface area contributed by atoms with Crippen molar-refractivity contribution in [2.45, 2.75) is 13.8 Å². The Kier molecular flexibility index (Phi) is 4.80. The molecule has 0 saturated carbocycles. The maximum atomic E-state index is 11.6. The molecule has 0 aliphatic rings. The number of methoxy groups -OCH3 is 1.